The average molecular weight is 508 g/mol. The van der Waals surface area contributed by atoms with Crippen LogP contribution in [-0.2, 0) is 16.1 Å². The van der Waals surface area contributed by atoms with Crippen molar-refractivity contribution in [2.75, 3.05) is 13.2 Å². The maximum atomic E-state index is 13.3. The van der Waals surface area contributed by atoms with Gasteiger partial charge in [0.25, 0.3) is 11.7 Å². The van der Waals surface area contributed by atoms with E-state index < -0.39 is 17.7 Å². The zero-order valence-electron chi connectivity index (χ0n) is 20.6. The second-order valence-electron chi connectivity index (χ2n) is 9.05. The van der Waals surface area contributed by atoms with E-state index in [9.17, 15) is 14.7 Å². The van der Waals surface area contributed by atoms with Crippen LogP contribution in [0.15, 0.2) is 66.8 Å². The largest absolute Gasteiger partial charge is 0.507 e. The number of imidazole rings is 1. The van der Waals surface area contributed by atoms with E-state index in [1.807, 2.05) is 42.0 Å². The fourth-order valence-electron chi connectivity index (χ4n) is 4.44. The Morgan fingerprint density at radius 1 is 1.14 bits per heavy atom. The first kappa shape index (κ1) is 25.5. The van der Waals surface area contributed by atoms with Gasteiger partial charge in [-0.25, -0.2) is 4.98 Å². The van der Waals surface area contributed by atoms with Crippen molar-refractivity contribution in [1.82, 2.24) is 14.5 Å². The topological polar surface area (TPSA) is 84.7 Å². The van der Waals surface area contributed by atoms with E-state index >= 15 is 0 Å². The zero-order valence-corrected chi connectivity index (χ0v) is 21.4. The van der Waals surface area contributed by atoms with E-state index in [1.54, 1.807) is 35.6 Å². The number of aliphatic hydroxyl groups excluding tert-OH is 1. The molecule has 0 radical (unpaired) electrons. The van der Waals surface area contributed by atoms with Crippen LogP contribution in [0.5, 0.6) is 5.75 Å². The van der Waals surface area contributed by atoms with Gasteiger partial charge in [0.05, 0.1) is 29.6 Å². The summed E-state index contributed by atoms with van der Waals surface area (Å²) in [6, 6.07) is 12.0. The summed E-state index contributed by atoms with van der Waals surface area (Å²) in [6.07, 6.45) is 5.89. The molecule has 1 fully saturated rings. The standard InChI is InChI=1S/C28H30ClN3O4/c1-4-36-23-11-10-21(16-22(23)29)26(33)24-25(20-8-6-19(7-9-20)18(2)3)32(28(35)27(24)34)14-5-13-31-15-12-30-17-31/h6-12,15-18,25,33H,4-5,13-14H2,1-3H3/t25-/m0/s1. The van der Waals surface area contributed by atoms with Crippen LogP contribution in [0.3, 0.4) is 0 Å². The predicted molar refractivity (Wildman–Crippen MR) is 139 cm³/mol. The number of amides is 1. The highest BCUT2D eigenvalue weighted by Gasteiger charge is 2.45. The molecule has 188 valence electrons. The summed E-state index contributed by atoms with van der Waals surface area (Å²) in [6.45, 7) is 7.50. The summed E-state index contributed by atoms with van der Waals surface area (Å²) < 4.78 is 7.40. The number of aryl methyl sites for hydroxylation is 1. The van der Waals surface area contributed by atoms with E-state index in [4.69, 9.17) is 16.3 Å². The lowest BCUT2D eigenvalue weighted by Crippen LogP contribution is -2.31. The molecule has 1 aliphatic heterocycles. The van der Waals surface area contributed by atoms with Gasteiger partial charge in [0.2, 0.25) is 0 Å². The minimum Gasteiger partial charge on any atom is -0.507 e. The lowest BCUT2D eigenvalue weighted by Gasteiger charge is -2.26. The monoisotopic (exact) mass is 507 g/mol. The SMILES string of the molecule is CCOc1ccc(C(O)=C2C(=O)C(=O)N(CCCn3ccnc3)[C@H]2c2ccc(C(C)C)cc2)cc1Cl. The number of hydrogen-bond donors (Lipinski definition) is 1. The molecule has 2 heterocycles. The first-order valence-corrected chi connectivity index (χ1v) is 12.5. The number of carbonyl (C=O) groups is 2. The molecule has 8 heteroatoms. The van der Waals surface area contributed by atoms with Crippen LogP contribution in [0.25, 0.3) is 5.76 Å². The van der Waals surface area contributed by atoms with Crippen LogP contribution >= 0.6 is 11.6 Å². The Morgan fingerprint density at radius 3 is 2.50 bits per heavy atom. The summed E-state index contributed by atoms with van der Waals surface area (Å²) in [5, 5.41) is 11.6. The summed E-state index contributed by atoms with van der Waals surface area (Å²) in [5.74, 6) is -0.772. The molecule has 0 aliphatic carbocycles. The van der Waals surface area contributed by atoms with Gasteiger partial charge in [0.15, 0.2) is 0 Å². The van der Waals surface area contributed by atoms with Gasteiger partial charge in [-0.1, -0.05) is 49.7 Å². The number of Topliss-reactive ketones (excluding diaryl/α,β-unsaturated/α-hetero) is 1. The van der Waals surface area contributed by atoms with E-state index in [1.165, 1.54) is 0 Å². The molecule has 0 unspecified atom stereocenters. The number of likely N-dealkylation sites (tertiary alicyclic amines) is 1. The molecule has 36 heavy (non-hydrogen) atoms. The molecule has 1 atom stereocenters. The minimum absolute atomic E-state index is 0.0557. The predicted octanol–water partition coefficient (Wildman–Crippen LogP) is 5.57. The zero-order chi connectivity index (χ0) is 25.8. The van der Waals surface area contributed by atoms with Crippen molar-refractivity contribution < 1.29 is 19.4 Å². The number of aromatic nitrogens is 2. The van der Waals surface area contributed by atoms with Gasteiger partial charge in [0, 0.05) is 31.0 Å². The lowest BCUT2D eigenvalue weighted by molar-refractivity contribution is -0.139. The Kier molecular flexibility index (Phi) is 7.79. The Labute approximate surface area is 216 Å². The fourth-order valence-corrected chi connectivity index (χ4v) is 4.67. The number of ether oxygens (including phenoxy) is 1. The van der Waals surface area contributed by atoms with Crippen LogP contribution in [0.2, 0.25) is 5.02 Å². The average Bonchev–Trinajstić information content (AvgIpc) is 3.47. The van der Waals surface area contributed by atoms with Gasteiger partial charge in [0.1, 0.15) is 11.5 Å². The second-order valence-corrected chi connectivity index (χ2v) is 9.45. The Morgan fingerprint density at radius 2 is 1.89 bits per heavy atom. The second kappa shape index (κ2) is 11.0. The normalized spacial score (nSPS) is 17.2. The summed E-state index contributed by atoms with van der Waals surface area (Å²) in [5.41, 5.74) is 2.32. The third-order valence-corrected chi connectivity index (χ3v) is 6.63. The molecule has 3 aromatic rings. The molecule has 1 saturated heterocycles. The number of halogens is 1. The number of rotatable bonds is 9. The van der Waals surface area contributed by atoms with E-state index in [2.05, 4.69) is 18.8 Å². The van der Waals surface area contributed by atoms with Gasteiger partial charge in [-0.15, -0.1) is 0 Å². The van der Waals surface area contributed by atoms with Crippen molar-refractivity contribution in [2.24, 2.45) is 0 Å². The molecule has 1 aliphatic rings. The number of benzene rings is 2. The van der Waals surface area contributed by atoms with Gasteiger partial charge >= 0.3 is 0 Å². The molecule has 0 saturated carbocycles. The van der Waals surface area contributed by atoms with Crippen LogP contribution in [0, 0.1) is 0 Å². The summed E-state index contributed by atoms with van der Waals surface area (Å²) in [7, 11) is 0. The third-order valence-electron chi connectivity index (χ3n) is 6.34. The number of hydrogen-bond acceptors (Lipinski definition) is 5. The summed E-state index contributed by atoms with van der Waals surface area (Å²) >= 11 is 6.34. The molecule has 1 N–H and O–H groups in total. The number of ketones is 1. The van der Waals surface area contributed by atoms with Gasteiger partial charge < -0.3 is 19.3 Å². The molecule has 1 aromatic heterocycles. The van der Waals surface area contributed by atoms with Crippen molar-refractivity contribution in [3.63, 3.8) is 0 Å². The maximum Gasteiger partial charge on any atom is 0.295 e. The lowest BCUT2D eigenvalue weighted by atomic mass is 9.93. The Bertz CT molecular complexity index is 1270. The molecule has 1 amide bonds. The van der Waals surface area contributed by atoms with Gasteiger partial charge in [-0.3, -0.25) is 9.59 Å². The number of nitrogens with zero attached hydrogens (tertiary/aromatic N) is 3. The maximum absolute atomic E-state index is 13.3. The van der Waals surface area contributed by atoms with E-state index in [0.29, 0.717) is 48.4 Å². The highest BCUT2D eigenvalue weighted by atomic mass is 35.5. The van der Waals surface area contributed by atoms with Crippen molar-refractivity contribution in [3.8, 4) is 5.75 Å². The molecule has 4 rings (SSSR count). The van der Waals surface area contributed by atoms with Crippen LogP contribution < -0.4 is 4.74 Å². The van der Waals surface area contributed by atoms with Crippen LogP contribution in [-0.4, -0.2) is 44.4 Å². The molecular formula is C28H30ClN3O4. The van der Waals surface area contributed by atoms with Crippen molar-refractivity contribution in [2.45, 2.75) is 45.7 Å². The fraction of sp³-hybridized carbons (Fsp3) is 0.321. The van der Waals surface area contributed by atoms with E-state index in [-0.39, 0.29) is 11.3 Å². The van der Waals surface area contributed by atoms with Gasteiger partial charge in [-0.2, -0.15) is 0 Å². The van der Waals surface area contributed by atoms with Gasteiger partial charge in [-0.05, 0) is 48.6 Å². The smallest absolute Gasteiger partial charge is 0.295 e. The van der Waals surface area contributed by atoms with Crippen LogP contribution in [0.1, 0.15) is 55.8 Å². The number of carbonyl (C=O) groups excluding carboxylic acids is 2. The first-order chi connectivity index (χ1) is 17.3. The third kappa shape index (κ3) is 5.16. The molecule has 0 bridgehead atoms. The van der Waals surface area contributed by atoms with Crippen LogP contribution in [0.4, 0.5) is 0 Å². The molecule has 2 aromatic carbocycles. The first-order valence-electron chi connectivity index (χ1n) is 12.1. The van der Waals surface area contributed by atoms with Crippen molar-refractivity contribution >= 4 is 29.1 Å². The Balaban J connectivity index is 1.74. The van der Waals surface area contributed by atoms with Crippen molar-refractivity contribution in [1.29, 1.82) is 0 Å². The highest BCUT2D eigenvalue weighted by molar-refractivity contribution is 6.46. The number of aliphatic hydroxyl groups is 1. The molecule has 0 spiro atoms. The molecular weight excluding hydrogens is 478 g/mol. The quantitative estimate of drug-likeness (QED) is 0.232. The van der Waals surface area contributed by atoms with E-state index in [0.717, 1.165) is 11.1 Å². The Hall–Kier alpha value is -3.58. The molecule has 7 nitrogen and oxygen atoms in total. The van der Waals surface area contributed by atoms with Crippen molar-refractivity contribution in [3.05, 3.63) is 88.5 Å². The minimum atomic E-state index is -0.710. The highest BCUT2D eigenvalue weighted by Crippen LogP contribution is 2.40. The summed E-state index contributed by atoms with van der Waals surface area (Å²) in [4.78, 5) is 32.0.